The number of ether oxygens (including phenoxy) is 1. The summed E-state index contributed by atoms with van der Waals surface area (Å²) in [5.74, 6) is 1.54. The van der Waals surface area contributed by atoms with E-state index in [2.05, 4.69) is 20.2 Å². The predicted octanol–water partition coefficient (Wildman–Crippen LogP) is 2.05. The lowest BCUT2D eigenvalue weighted by atomic mass is 9.94. The smallest absolute Gasteiger partial charge is 0.348 e. The number of hydrogen-bond donors (Lipinski definition) is 2. The van der Waals surface area contributed by atoms with Crippen LogP contribution < -0.4 is 15.7 Å². The van der Waals surface area contributed by atoms with Gasteiger partial charge in [0, 0.05) is 30.0 Å². The van der Waals surface area contributed by atoms with E-state index in [0.717, 1.165) is 50.2 Å². The van der Waals surface area contributed by atoms with Crippen LogP contribution in [0.1, 0.15) is 37.4 Å². The summed E-state index contributed by atoms with van der Waals surface area (Å²) < 4.78 is 6.73. The van der Waals surface area contributed by atoms with Crippen LogP contribution in [0.5, 0.6) is 5.88 Å². The van der Waals surface area contributed by atoms with Gasteiger partial charge in [0.05, 0.1) is 12.8 Å². The molecular formula is C22H28N6O2. The van der Waals surface area contributed by atoms with Crippen LogP contribution in [0.2, 0.25) is 0 Å². The van der Waals surface area contributed by atoms with Crippen molar-refractivity contribution in [3.8, 4) is 11.6 Å². The topological polar surface area (TPSA) is 88.1 Å². The van der Waals surface area contributed by atoms with Crippen LogP contribution in [-0.4, -0.2) is 64.0 Å². The lowest BCUT2D eigenvalue weighted by Crippen LogP contribution is -2.47. The average molecular weight is 409 g/mol. The van der Waals surface area contributed by atoms with Crippen LogP contribution in [0.15, 0.2) is 35.1 Å². The summed E-state index contributed by atoms with van der Waals surface area (Å²) in [7, 11) is 1.59. The molecule has 8 heteroatoms. The fraction of sp³-hybridized carbons (Fsp3) is 0.500. The molecule has 2 saturated heterocycles. The molecular weight excluding hydrogens is 380 g/mol. The van der Waals surface area contributed by atoms with Gasteiger partial charge in [-0.1, -0.05) is 12.1 Å². The first-order valence-electron chi connectivity index (χ1n) is 10.8. The number of likely N-dealkylation sites (tertiary alicyclic amines) is 1. The first-order chi connectivity index (χ1) is 14.7. The van der Waals surface area contributed by atoms with Crippen molar-refractivity contribution in [2.24, 2.45) is 0 Å². The van der Waals surface area contributed by atoms with Crippen LogP contribution >= 0.6 is 0 Å². The Kier molecular flexibility index (Phi) is 5.26. The highest BCUT2D eigenvalue weighted by Gasteiger charge is 2.29. The van der Waals surface area contributed by atoms with E-state index < -0.39 is 0 Å². The molecule has 158 valence electrons. The Balaban J connectivity index is 1.45. The Morgan fingerprint density at radius 1 is 1.13 bits per heavy atom. The van der Waals surface area contributed by atoms with Crippen LogP contribution in [0.4, 0.5) is 0 Å². The van der Waals surface area contributed by atoms with Crippen molar-refractivity contribution in [1.29, 1.82) is 0 Å². The van der Waals surface area contributed by atoms with Gasteiger partial charge in [0.15, 0.2) is 0 Å². The van der Waals surface area contributed by atoms with E-state index in [0.29, 0.717) is 23.1 Å². The summed E-state index contributed by atoms with van der Waals surface area (Å²) in [6.45, 7) is 4.28. The molecule has 1 unspecified atom stereocenters. The van der Waals surface area contributed by atoms with Gasteiger partial charge in [-0.2, -0.15) is 4.68 Å². The standard InChI is InChI=1S/C22H28N6O2/c1-30-19-8-7-15-4-2-6-18(20(15)24-19)28-22(29)25-21(26-28)16-5-3-13-27(14-16)17-9-11-23-12-10-17/h2,4,6-8,16-17,23H,3,5,9-14H2,1H3,(H,25,26,29). The first-order valence-corrected chi connectivity index (χ1v) is 10.8. The fourth-order valence-corrected chi connectivity index (χ4v) is 4.82. The Labute approximate surface area is 175 Å². The third kappa shape index (κ3) is 3.61. The van der Waals surface area contributed by atoms with Crippen LogP contribution in [0, 0.1) is 0 Å². The maximum Gasteiger partial charge on any atom is 0.348 e. The number of fused-ring (bicyclic) bond motifs is 1. The molecule has 30 heavy (non-hydrogen) atoms. The van der Waals surface area contributed by atoms with E-state index in [1.165, 1.54) is 17.5 Å². The molecule has 1 aromatic carbocycles. The van der Waals surface area contributed by atoms with E-state index in [1.54, 1.807) is 7.11 Å². The third-order valence-electron chi connectivity index (χ3n) is 6.41. The number of aromatic nitrogens is 4. The van der Waals surface area contributed by atoms with Crippen molar-refractivity contribution in [2.45, 2.75) is 37.6 Å². The summed E-state index contributed by atoms with van der Waals surface area (Å²) >= 11 is 0. The van der Waals surface area contributed by atoms with Gasteiger partial charge in [-0.25, -0.2) is 9.78 Å². The molecule has 2 N–H and O–H groups in total. The number of para-hydroxylation sites is 1. The molecule has 1 atom stereocenters. The number of benzene rings is 1. The zero-order chi connectivity index (χ0) is 20.5. The normalized spacial score (nSPS) is 21.2. The van der Waals surface area contributed by atoms with Gasteiger partial charge in [-0.3, -0.25) is 9.88 Å². The lowest BCUT2D eigenvalue weighted by Gasteiger charge is -2.39. The Bertz CT molecular complexity index is 1080. The van der Waals surface area contributed by atoms with Crippen molar-refractivity contribution < 1.29 is 4.74 Å². The van der Waals surface area contributed by atoms with Crippen molar-refractivity contribution in [1.82, 2.24) is 30.0 Å². The zero-order valence-electron chi connectivity index (χ0n) is 17.3. The molecule has 2 aliphatic heterocycles. The highest BCUT2D eigenvalue weighted by molar-refractivity contribution is 5.86. The number of aromatic amines is 1. The summed E-state index contributed by atoms with van der Waals surface area (Å²) in [5.41, 5.74) is 1.16. The maximum atomic E-state index is 12.8. The van der Waals surface area contributed by atoms with E-state index in [9.17, 15) is 4.79 Å². The number of pyridine rings is 1. The van der Waals surface area contributed by atoms with Gasteiger partial charge in [0.2, 0.25) is 5.88 Å². The minimum atomic E-state index is -0.221. The third-order valence-corrected chi connectivity index (χ3v) is 6.41. The molecule has 5 rings (SSSR count). The van der Waals surface area contributed by atoms with E-state index >= 15 is 0 Å². The van der Waals surface area contributed by atoms with Crippen LogP contribution in [0.25, 0.3) is 16.6 Å². The molecule has 0 bridgehead atoms. The Morgan fingerprint density at radius 3 is 2.83 bits per heavy atom. The molecule has 0 aliphatic carbocycles. The van der Waals surface area contributed by atoms with Crippen molar-refractivity contribution in [3.63, 3.8) is 0 Å². The molecule has 0 spiro atoms. The Hall–Kier alpha value is -2.71. The van der Waals surface area contributed by atoms with E-state index in [-0.39, 0.29) is 11.6 Å². The first kappa shape index (κ1) is 19.3. The molecule has 0 radical (unpaired) electrons. The number of nitrogens with zero attached hydrogens (tertiary/aromatic N) is 4. The Morgan fingerprint density at radius 2 is 2.00 bits per heavy atom. The highest BCUT2D eigenvalue weighted by atomic mass is 16.5. The summed E-state index contributed by atoms with van der Waals surface area (Å²) in [4.78, 5) is 23.0. The molecule has 2 fully saturated rings. The minimum Gasteiger partial charge on any atom is -0.481 e. The molecule has 0 amide bonds. The second-order valence-corrected chi connectivity index (χ2v) is 8.24. The summed E-state index contributed by atoms with van der Waals surface area (Å²) in [6, 6.07) is 10.2. The zero-order valence-corrected chi connectivity index (χ0v) is 17.3. The molecule has 3 aromatic rings. The van der Waals surface area contributed by atoms with E-state index in [4.69, 9.17) is 9.84 Å². The summed E-state index contributed by atoms with van der Waals surface area (Å²) in [5, 5.41) is 9.11. The van der Waals surface area contributed by atoms with Gasteiger partial charge in [-0.05, 0) is 57.5 Å². The second-order valence-electron chi connectivity index (χ2n) is 8.24. The number of piperidine rings is 2. The molecule has 2 aromatic heterocycles. The SMILES string of the molecule is COc1ccc2cccc(-n3nc(C4CCCN(C5CCNCC5)C4)[nH]c3=O)c2n1. The van der Waals surface area contributed by atoms with Gasteiger partial charge in [-0.15, -0.1) is 5.10 Å². The van der Waals surface area contributed by atoms with Crippen molar-refractivity contribution in [3.05, 3.63) is 46.6 Å². The number of H-pyrrole nitrogens is 1. The lowest BCUT2D eigenvalue weighted by molar-refractivity contribution is 0.121. The van der Waals surface area contributed by atoms with Crippen LogP contribution in [-0.2, 0) is 0 Å². The second kappa shape index (κ2) is 8.20. The average Bonchev–Trinajstić information content (AvgIpc) is 3.20. The number of methoxy groups -OCH3 is 1. The summed E-state index contributed by atoms with van der Waals surface area (Å²) in [6.07, 6.45) is 4.58. The fourth-order valence-electron chi connectivity index (χ4n) is 4.82. The number of hydrogen-bond acceptors (Lipinski definition) is 6. The predicted molar refractivity (Wildman–Crippen MR) is 115 cm³/mol. The van der Waals surface area contributed by atoms with Crippen molar-refractivity contribution >= 4 is 10.9 Å². The number of nitrogens with one attached hydrogen (secondary N) is 2. The van der Waals surface area contributed by atoms with Gasteiger partial charge in [0.25, 0.3) is 0 Å². The monoisotopic (exact) mass is 408 g/mol. The molecule has 2 aliphatic rings. The van der Waals surface area contributed by atoms with E-state index in [1.807, 2.05) is 30.3 Å². The van der Waals surface area contributed by atoms with Gasteiger partial charge >= 0.3 is 5.69 Å². The quantitative estimate of drug-likeness (QED) is 0.687. The van der Waals surface area contributed by atoms with Gasteiger partial charge in [0.1, 0.15) is 11.3 Å². The molecule has 4 heterocycles. The minimum absolute atomic E-state index is 0.221. The number of rotatable bonds is 4. The van der Waals surface area contributed by atoms with Crippen LogP contribution in [0.3, 0.4) is 0 Å². The maximum absolute atomic E-state index is 12.8. The largest absolute Gasteiger partial charge is 0.481 e. The molecule has 0 saturated carbocycles. The van der Waals surface area contributed by atoms with Crippen molar-refractivity contribution in [2.75, 3.05) is 33.3 Å². The van der Waals surface area contributed by atoms with Gasteiger partial charge < -0.3 is 10.1 Å². The highest BCUT2D eigenvalue weighted by Crippen LogP contribution is 2.28. The molecule has 8 nitrogen and oxygen atoms in total.